The molecule has 0 aromatic heterocycles. The lowest BCUT2D eigenvalue weighted by Gasteiger charge is -2.32. The molecule has 6 aromatic rings. The molecule has 0 spiro atoms. The van der Waals surface area contributed by atoms with Crippen LogP contribution in [0.25, 0.3) is 0 Å². The summed E-state index contributed by atoms with van der Waals surface area (Å²) >= 11 is 0. The summed E-state index contributed by atoms with van der Waals surface area (Å²) in [4.78, 5) is 64.1. The van der Waals surface area contributed by atoms with E-state index >= 15 is 0 Å². The van der Waals surface area contributed by atoms with Crippen LogP contribution in [0.2, 0.25) is 0 Å². The molecule has 2 heterocycles. The van der Waals surface area contributed by atoms with Gasteiger partial charge in [0.25, 0.3) is 11.8 Å². The van der Waals surface area contributed by atoms with Crippen molar-refractivity contribution in [2.75, 3.05) is 26.4 Å². The molecule has 58 heavy (non-hydrogen) atoms. The molecule has 2 aliphatic rings. The fourth-order valence-electron chi connectivity index (χ4n) is 8.04. The second-order valence-corrected chi connectivity index (χ2v) is 14.6. The Bertz CT molecular complexity index is 2100. The fraction of sp³-hybridized carbons (Fsp3) is 0.167. The average Bonchev–Trinajstić information content (AvgIpc) is 3.68. The highest BCUT2D eigenvalue weighted by Gasteiger charge is 2.55. The zero-order valence-corrected chi connectivity index (χ0v) is 32.0. The summed E-state index contributed by atoms with van der Waals surface area (Å²) < 4.78 is 0. The lowest BCUT2D eigenvalue weighted by Crippen LogP contribution is -2.48. The number of amides is 6. The molecule has 0 saturated carbocycles. The van der Waals surface area contributed by atoms with Crippen LogP contribution in [0.15, 0.2) is 182 Å². The van der Waals surface area contributed by atoms with Crippen LogP contribution >= 0.6 is 0 Å². The van der Waals surface area contributed by atoms with E-state index in [9.17, 15) is 19.2 Å². The van der Waals surface area contributed by atoms with E-state index in [4.69, 9.17) is 0 Å². The van der Waals surface area contributed by atoms with E-state index in [1.165, 1.54) is 9.80 Å². The molecule has 2 N–H and O–H groups in total. The third-order valence-corrected chi connectivity index (χ3v) is 11.0. The van der Waals surface area contributed by atoms with Gasteiger partial charge in [0.15, 0.2) is 11.1 Å². The van der Waals surface area contributed by atoms with Gasteiger partial charge in [-0.3, -0.25) is 19.4 Å². The van der Waals surface area contributed by atoms with Crippen LogP contribution in [0, 0.1) is 0 Å². The van der Waals surface area contributed by atoms with Crippen molar-refractivity contribution in [2.45, 2.75) is 24.2 Å². The predicted molar refractivity (Wildman–Crippen MR) is 222 cm³/mol. The van der Waals surface area contributed by atoms with Gasteiger partial charge in [-0.2, -0.15) is 0 Å². The van der Waals surface area contributed by atoms with Crippen molar-refractivity contribution in [1.29, 1.82) is 0 Å². The molecule has 2 saturated heterocycles. The molecule has 6 aromatic carbocycles. The van der Waals surface area contributed by atoms with E-state index in [-0.39, 0.29) is 25.2 Å². The number of urea groups is 2. The summed E-state index contributed by atoms with van der Waals surface area (Å²) in [6.07, 6.45) is 0. The van der Waals surface area contributed by atoms with Gasteiger partial charge in [0.05, 0.1) is 13.3 Å². The van der Waals surface area contributed by atoms with E-state index in [1.54, 1.807) is 0 Å². The van der Waals surface area contributed by atoms with Gasteiger partial charge in [0.2, 0.25) is 0 Å². The Balaban J connectivity index is 1.09. The summed E-state index contributed by atoms with van der Waals surface area (Å²) in [5.74, 6) is -0.738. The van der Waals surface area contributed by atoms with Gasteiger partial charge in [-0.05, 0) is 33.4 Å². The minimum Gasteiger partial charge on any atom is -0.315 e. The van der Waals surface area contributed by atoms with Gasteiger partial charge in [-0.1, -0.05) is 182 Å². The Morgan fingerprint density at radius 2 is 0.638 bits per heavy atom. The topological polar surface area (TPSA) is 105 Å². The molecule has 10 nitrogen and oxygen atoms in total. The molecule has 2 fully saturated rings. The van der Waals surface area contributed by atoms with Gasteiger partial charge >= 0.3 is 12.1 Å². The fourth-order valence-corrected chi connectivity index (χ4v) is 8.04. The van der Waals surface area contributed by atoms with Crippen LogP contribution in [-0.2, 0) is 33.8 Å². The normalized spacial score (nSPS) is 15.9. The van der Waals surface area contributed by atoms with Crippen molar-refractivity contribution < 1.29 is 19.2 Å². The number of nitrogens with zero attached hydrogens (tertiary/aromatic N) is 4. The highest BCUT2D eigenvalue weighted by atomic mass is 16.2. The van der Waals surface area contributed by atoms with Gasteiger partial charge in [0, 0.05) is 26.2 Å². The molecule has 10 heteroatoms. The first-order valence-electron chi connectivity index (χ1n) is 19.4. The van der Waals surface area contributed by atoms with Crippen LogP contribution in [0.4, 0.5) is 9.59 Å². The third kappa shape index (κ3) is 7.38. The van der Waals surface area contributed by atoms with Gasteiger partial charge in [-0.15, -0.1) is 0 Å². The molecular formula is C48H44N6O4. The molecule has 0 bridgehead atoms. The first-order valence-corrected chi connectivity index (χ1v) is 19.4. The molecule has 2 aliphatic heterocycles. The zero-order chi connectivity index (χ0) is 40.0. The minimum atomic E-state index is -1.40. The monoisotopic (exact) mass is 768 g/mol. The Morgan fingerprint density at radius 3 is 0.914 bits per heavy atom. The second-order valence-electron chi connectivity index (χ2n) is 14.6. The standard InChI is InChI=1S/C48H44N6O4/c55-43-47(39-23-11-3-12-24-39,40-25-13-4-14-26-40)49-45(57)53(43)35-51(33-37-19-7-1-8-20-37)31-32-52(34-38-21-9-2-10-22-38)36-54-44(56)48(50-46(54)58,41-27-15-5-16-28-41)42-29-17-6-18-30-42/h1-30H,31-36H2,(H,49,57)(H,50,58). The Labute approximate surface area is 338 Å². The maximum absolute atomic E-state index is 14.7. The number of rotatable bonds is 15. The quantitative estimate of drug-likeness (QED) is 0.110. The molecule has 290 valence electrons. The van der Waals surface area contributed by atoms with Crippen molar-refractivity contribution in [3.8, 4) is 0 Å². The third-order valence-electron chi connectivity index (χ3n) is 11.0. The van der Waals surface area contributed by atoms with Crippen LogP contribution in [0.1, 0.15) is 33.4 Å². The number of hydrogen-bond acceptors (Lipinski definition) is 6. The molecule has 0 aliphatic carbocycles. The summed E-state index contributed by atoms with van der Waals surface area (Å²) in [5.41, 5.74) is 1.89. The average molecular weight is 769 g/mol. The van der Waals surface area contributed by atoms with Gasteiger partial charge in [0.1, 0.15) is 0 Å². The Kier molecular flexibility index (Phi) is 10.9. The van der Waals surface area contributed by atoms with Crippen LogP contribution < -0.4 is 10.6 Å². The molecule has 8 rings (SSSR count). The van der Waals surface area contributed by atoms with Crippen LogP contribution in [0.3, 0.4) is 0 Å². The van der Waals surface area contributed by atoms with E-state index < -0.39 is 23.1 Å². The zero-order valence-electron chi connectivity index (χ0n) is 32.0. The number of nitrogens with one attached hydrogen (secondary N) is 2. The van der Waals surface area contributed by atoms with Crippen LogP contribution in [0.5, 0.6) is 0 Å². The van der Waals surface area contributed by atoms with Crippen molar-refractivity contribution in [3.05, 3.63) is 215 Å². The summed E-state index contributed by atoms with van der Waals surface area (Å²) in [5, 5.41) is 6.14. The molecule has 0 radical (unpaired) electrons. The maximum Gasteiger partial charge on any atom is 0.326 e. The van der Waals surface area contributed by atoms with Crippen molar-refractivity contribution >= 4 is 23.9 Å². The van der Waals surface area contributed by atoms with E-state index in [0.29, 0.717) is 48.4 Å². The van der Waals surface area contributed by atoms with Crippen LogP contribution in [-0.4, -0.2) is 69.9 Å². The summed E-state index contributed by atoms with van der Waals surface area (Å²) in [7, 11) is 0. The number of benzene rings is 6. The number of imide groups is 2. The lowest BCUT2D eigenvalue weighted by atomic mass is 9.83. The van der Waals surface area contributed by atoms with Crippen molar-refractivity contribution in [1.82, 2.24) is 30.2 Å². The predicted octanol–water partition coefficient (Wildman–Crippen LogP) is 6.90. The smallest absolute Gasteiger partial charge is 0.315 e. The molecule has 0 atom stereocenters. The molecular weight excluding hydrogens is 725 g/mol. The number of carbonyl (C=O) groups is 4. The van der Waals surface area contributed by atoms with Gasteiger partial charge in [-0.25, -0.2) is 19.4 Å². The summed E-state index contributed by atoms with van der Waals surface area (Å²) in [6.45, 7) is 1.69. The number of carbonyl (C=O) groups excluding carboxylic acids is 4. The highest BCUT2D eigenvalue weighted by Crippen LogP contribution is 2.37. The van der Waals surface area contributed by atoms with E-state index in [2.05, 4.69) is 20.4 Å². The lowest BCUT2D eigenvalue weighted by molar-refractivity contribution is -0.133. The molecule has 0 unspecified atom stereocenters. The molecule has 6 amide bonds. The number of hydrogen-bond donors (Lipinski definition) is 2. The second kappa shape index (κ2) is 16.7. The maximum atomic E-state index is 14.7. The van der Waals surface area contributed by atoms with Gasteiger partial charge < -0.3 is 10.6 Å². The largest absolute Gasteiger partial charge is 0.326 e. The van der Waals surface area contributed by atoms with E-state index in [0.717, 1.165) is 11.1 Å². The van der Waals surface area contributed by atoms with E-state index in [1.807, 2.05) is 182 Å². The van der Waals surface area contributed by atoms with Crippen molar-refractivity contribution in [2.24, 2.45) is 0 Å². The minimum absolute atomic E-state index is 0.00834. The summed E-state index contributed by atoms with van der Waals surface area (Å²) in [6, 6.07) is 56.1. The Morgan fingerprint density at radius 1 is 0.379 bits per heavy atom. The SMILES string of the molecule is O=C1NC(c2ccccc2)(c2ccccc2)C(=O)N1CN(CCN(Cc1ccccc1)CN1C(=O)NC(c2ccccc2)(c2ccccc2)C1=O)Cc1ccccc1. The Hall–Kier alpha value is -6.88. The first-order chi connectivity index (χ1) is 28.4. The highest BCUT2D eigenvalue weighted by molar-refractivity contribution is 6.10. The van der Waals surface area contributed by atoms with Crippen molar-refractivity contribution in [3.63, 3.8) is 0 Å². The first kappa shape index (κ1) is 38.0.